The fraction of sp³-hybridized carbons (Fsp3) is 0.643. The second-order valence-electron chi connectivity index (χ2n) is 4.87. The van der Waals surface area contributed by atoms with E-state index in [9.17, 15) is 13.2 Å². The second-order valence-corrected chi connectivity index (χ2v) is 4.87. The van der Waals surface area contributed by atoms with Crippen molar-refractivity contribution < 1.29 is 22.6 Å². The summed E-state index contributed by atoms with van der Waals surface area (Å²) in [6.07, 6.45) is -1.29. The van der Waals surface area contributed by atoms with Crippen LogP contribution in [0.15, 0.2) is 18.5 Å². The molecular weight excluding hydrogens is 285 g/mol. The molecule has 0 aliphatic carbocycles. The number of ether oxygens (including phenoxy) is 2. The average molecular weight is 304 g/mol. The number of halogens is 3. The van der Waals surface area contributed by atoms with Crippen LogP contribution in [0.5, 0.6) is 0 Å². The van der Waals surface area contributed by atoms with E-state index in [2.05, 4.69) is 10.3 Å². The molecule has 2 rings (SSSR count). The van der Waals surface area contributed by atoms with Gasteiger partial charge in [0.25, 0.3) is 0 Å². The van der Waals surface area contributed by atoms with E-state index in [0.717, 1.165) is 18.7 Å². The maximum absolute atomic E-state index is 13.1. The van der Waals surface area contributed by atoms with Crippen molar-refractivity contribution in [1.29, 1.82) is 0 Å². The quantitative estimate of drug-likeness (QED) is 0.877. The molecule has 0 saturated carbocycles. The standard InChI is InChI=1S/C14H19F3N2O2/c1-2-4-19-12(8-13-20-6-7-21-13)10-9-18-5-3-11(10)14(15,16)17/h3,5,9,12-13,19H,2,4,6-8H2,1H3. The van der Waals surface area contributed by atoms with Gasteiger partial charge in [-0.05, 0) is 24.6 Å². The van der Waals surface area contributed by atoms with Crippen LogP contribution in [-0.2, 0) is 15.7 Å². The Balaban J connectivity index is 2.22. The first-order valence-corrected chi connectivity index (χ1v) is 7.00. The molecule has 1 aromatic heterocycles. The highest BCUT2D eigenvalue weighted by molar-refractivity contribution is 5.29. The van der Waals surface area contributed by atoms with E-state index < -0.39 is 24.1 Å². The lowest BCUT2D eigenvalue weighted by Gasteiger charge is -2.24. The zero-order chi connectivity index (χ0) is 15.3. The average Bonchev–Trinajstić information content (AvgIpc) is 2.95. The van der Waals surface area contributed by atoms with E-state index in [1.54, 1.807) is 0 Å². The molecule has 0 aromatic carbocycles. The largest absolute Gasteiger partial charge is 0.416 e. The second kappa shape index (κ2) is 7.20. The monoisotopic (exact) mass is 304 g/mol. The molecule has 0 spiro atoms. The van der Waals surface area contributed by atoms with Gasteiger partial charge in [-0.2, -0.15) is 13.2 Å². The van der Waals surface area contributed by atoms with Crippen LogP contribution in [0.3, 0.4) is 0 Å². The highest BCUT2D eigenvalue weighted by atomic mass is 19.4. The molecule has 0 bridgehead atoms. The van der Waals surface area contributed by atoms with Crippen molar-refractivity contribution >= 4 is 0 Å². The fourth-order valence-corrected chi connectivity index (χ4v) is 2.32. The van der Waals surface area contributed by atoms with Crippen LogP contribution in [0.25, 0.3) is 0 Å². The summed E-state index contributed by atoms with van der Waals surface area (Å²) in [5, 5.41) is 3.13. The Labute approximate surface area is 121 Å². The molecule has 1 unspecified atom stereocenters. The van der Waals surface area contributed by atoms with Gasteiger partial charge in [0.15, 0.2) is 6.29 Å². The van der Waals surface area contributed by atoms with Gasteiger partial charge in [-0.15, -0.1) is 0 Å². The highest BCUT2D eigenvalue weighted by Gasteiger charge is 2.36. The molecule has 0 amide bonds. The Hall–Kier alpha value is -1.18. The number of rotatable bonds is 6. The van der Waals surface area contributed by atoms with Crippen LogP contribution in [0.4, 0.5) is 13.2 Å². The summed E-state index contributed by atoms with van der Waals surface area (Å²) in [6, 6.07) is 0.505. The van der Waals surface area contributed by atoms with E-state index >= 15 is 0 Å². The molecule has 7 heteroatoms. The van der Waals surface area contributed by atoms with Gasteiger partial charge in [-0.1, -0.05) is 6.92 Å². The first-order chi connectivity index (χ1) is 10.0. The third kappa shape index (κ3) is 4.39. The summed E-state index contributed by atoms with van der Waals surface area (Å²) in [7, 11) is 0. The molecule has 1 N–H and O–H groups in total. The lowest BCUT2D eigenvalue weighted by molar-refractivity contribution is -0.138. The van der Waals surface area contributed by atoms with Gasteiger partial charge in [-0.3, -0.25) is 4.98 Å². The normalized spacial score (nSPS) is 18.1. The molecular formula is C14H19F3N2O2. The van der Waals surface area contributed by atoms with Crippen molar-refractivity contribution in [2.45, 2.75) is 38.3 Å². The van der Waals surface area contributed by atoms with E-state index in [4.69, 9.17) is 9.47 Å². The smallest absolute Gasteiger partial charge is 0.350 e. The Morgan fingerprint density at radius 1 is 1.38 bits per heavy atom. The summed E-state index contributed by atoms with van der Waals surface area (Å²) in [5.74, 6) is 0. The summed E-state index contributed by atoms with van der Waals surface area (Å²) >= 11 is 0. The maximum atomic E-state index is 13.1. The summed E-state index contributed by atoms with van der Waals surface area (Å²) < 4.78 is 50.1. The highest BCUT2D eigenvalue weighted by Crippen LogP contribution is 2.35. The van der Waals surface area contributed by atoms with Crippen molar-refractivity contribution in [3.05, 3.63) is 29.6 Å². The van der Waals surface area contributed by atoms with E-state index in [1.807, 2.05) is 6.92 Å². The van der Waals surface area contributed by atoms with Gasteiger partial charge >= 0.3 is 6.18 Å². The van der Waals surface area contributed by atoms with Crippen LogP contribution in [0.1, 0.15) is 36.9 Å². The first-order valence-electron chi connectivity index (χ1n) is 7.00. The minimum atomic E-state index is -4.40. The predicted octanol–water partition coefficient (Wildman–Crippen LogP) is 2.90. The predicted molar refractivity (Wildman–Crippen MR) is 70.6 cm³/mol. The molecule has 1 aliphatic rings. The fourth-order valence-electron chi connectivity index (χ4n) is 2.32. The molecule has 1 fully saturated rings. The van der Waals surface area contributed by atoms with Crippen LogP contribution in [0.2, 0.25) is 0 Å². The van der Waals surface area contributed by atoms with Gasteiger partial charge in [-0.25, -0.2) is 0 Å². The van der Waals surface area contributed by atoms with Crippen LogP contribution < -0.4 is 5.32 Å². The molecule has 118 valence electrons. The molecule has 0 radical (unpaired) electrons. The summed E-state index contributed by atoms with van der Waals surface area (Å²) in [6.45, 7) is 3.53. The molecule has 21 heavy (non-hydrogen) atoms. The number of aromatic nitrogens is 1. The number of hydrogen-bond donors (Lipinski definition) is 1. The Kier molecular flexibility index (Phi) is 5.55. The third-order valence-electron chi connectivity index (χ3n) is 3.29. The Morgan fingerprint density at radius 2 is 2.10 bits per heavy atom. The molecule has 1 aromatic rings. The Morgan fingerprint density at radius 3 is 2.71 bits per heavy atom. The lowest BCUT2D eigenvalue weighted by Crippen LogP contribution is -2.29. The zero-order valence-electron chi connectivity index (χ0n) is 11.8. The van der Waals surface area contributed by atoms with Crippen molar-refractivity contribution in [3.63, 3.8) is 0 Å². The van der Waals surface area contributed by atoms with Gasteiger partial charge < -0.3 is 14.8 Å². The summed E-state index contributed by atoms with van der Waals surface area (Å²) in [4.78, 5) is 3.84. The van der Waals surface area contributed by atoms with Gasteiger partial charge in [0.1, 0.15) is 0 Å². The Bertz CT molecular complexity index is 448. The van der Waals surface area contributed by atoms with Crippen molar-refractivity contribution in [1.82, 2.24) is 10.3 Å². The van der Waals surface area contributed by atoms with Crippen molar-refractivity contribution in [2.24, 2.45) is 0 Å². The minimum Gasteiger partial charge on any atom is -0.350 e. The van der Waals surface area contributed by atoms with Crippen LogP contribution in [0, 0.1) is 0 Å². The van der Waals surface area contributed by atoms with Crippen molar-refractivity contribution in [2.75, 3.05) is 19.8 Å². The minimum absolute atomic E-state index is 0.137. The molecule has 1 aliphatic heterocycles. The third-order valence-corrected chi connectivity index (χ3v) is 3.29. The van der Waals surface area contributed by atoms with E-state index in [-0.39, 0.29) is 5.56 Å². The van der Waals surface area contributed by atoms with Crippen LogP contribution in [-0.4, -0.2) is 31.0 Å². The first kappa shape index (κ1) is 16.2. The number of hydrogen-bond acceptors (Lipinski definition) is 4. The topological polar surface area (TPSA) is 43.4 Å². The number of nitrogens with one attached hydrogen (secondary N) is 1. The zero-order valence-corrected chi connectivity index (χ0v) is 11.8. The maximum Gasteiger partial charge on any atom is 0.416 e. The molecule has 4 nitrogen and oxygen atoms in total. The number of alkyl halides is 3. The molecule has 1 saturated heterocycles. The van der Waals surface area contributed by atoms with E-state index in [1.165, 1.54) is 6.20 Å². The van der Waals surface area contributed by atoms with Crippen molar-refractivity contribution in [3.8, 4) is 0 Å². The lowest BCUT2D eigenvalue weighted by atomic mass is 9.99. The number of nitrogens with zero attached hydrogens (tertiary/aromatic N) is 1. The van der Waals surface area contributed by atoms with Gasteiger partial charge in [0, 0.05) is 24.9 Å². The van der Waals surface area contributed by atoms with Crippen LogP contribution >= 0.6 is 0 Å². The molecule has 2 heterocycles. The van der Waals surface area contributed by atoms with E-state index in [0.29, 0.717) is 26.2 Å². The number of pyridine rings is 1. The summed E-state index contributed by atoms with van der Waals surface area (Å²) in [5.41, 5.74) is -0.526. The van der Waals surface area contributed by atoms with Gasteiger partial charge in [0.05, 0.1) is 18.8 Å². The molecule has 1 atom stereocenters. The SMILES string of the molecule is CCCNC(CC1OCCO1)c1cnccc1C(F)(F)F. The van der Waals surface area contributed by atoms with Gasteiger partial charge in [0.2, 0.25) is 0 Å².